The first-order valence-corrected chi connectivity index (χ1v) is 11.2. The molecule has 0 spiro atoms. The van der Waals surface area contributed by atoms with Crippen LogP contribution in [0, 0.1) is 24.7 Å². The van der Waals surface area contributed by atoms with Gasteiger partial charge in [0.1, 0.15) is 5.75 Å². The molecule has 0 radical (unpaired) electrons. The number of ether oxygens (including phenoxy) is 2. The number of carbonyl (C=O) groups is 1. The first-order valence-electron chi connectivity index (χ1n) is 11.2. The molecule has 0 atom stereocenters. The van der Waals surface area contributed by atoms with Crippen molar-refractivity contribution >= 4 is 5.91 Å². The molecular formula is C24H33NO3. The van der Waals surface area contributed by atoms with Gasteiger partial charge in [-0.25, -0.2) is 0 Å². The third-order valence-electron chi connectivity index (χ3n) is 7.76. The van der Waals surface area contributed by atoms with Crippen molar-refractivity contribution in [3.05, 3.63) is 29.3 Å². The van der Waals surface area contributed by atoms with Crippen molar-refractivity contribution < 1.29 is 14.3 Å². The highest BCUT2D eigenvalue weighted by Gasteiger charge is 2.51. The number of nitrogens with zero attached hydrogens (tertiary/aromatic N) is 1. The largest absolute Gasteiger partial charge is 0.493 e. The van der Waals surface area contributed by atoms with E-state index in [0.717, 1.165) is 23.5 Å². The van der Waals surface area contributed by atoms with Gasteiger partial charge in [0.25, 0.3) is 0 Å². The molecule has 6 rings (SSSR count). The van der Waals surface area contributed by atoms with Gasteiger partial charge < -0.3 is 14.4 Å². The van der Waals surface area contributed by atoms with E-state index in [0.29, 0.717) is 44.7 Å². The molecule has 152 valence electrons. The monoisotopic (exact) mass is 383 g/mol. The van der Waals surface area contributed by atoms with E-state index < -0.39 is 0 Å². The van der Waals surface area contributed by atoms with E-state index in [9.17, 15) is 4.79 Å². The van der Waals surface area contributed by atoms with Crippen LogP contribution in [0.5, 0.6) is 5.75 Å². The zero-order chi connectivity index (χ0) is 19.1. The summed E-state index contributed by atoms with van der Waals surface area (Å²) in [5, 5.41) is 0. The van der Waals surface area contributed by atoms with Crippen LogP contribution < -0.4 is 4.74 Å². The second kappa shape index (κ2) is 7.37. The molecule has 4 heteroatoms. The molecule has 4 saturated carbocycles. The molecule has 0 aromatic heterocycles. The predicted octanol–water partition coefficient (Wildman–Crippen LogP) is 4.09. The lowest BCUT2D eigenvalue weighted by molar-refractivity contribution is -0.135. The lowest BCUT2D eigenvalue weighted by atomic mass is 9.48. The SMILES string of the molecule is Cc1cc(C23CC4CC(CC(C4)C2)C3)ccc1OCCC(=O)N1CCOCC1. The van der Waals surface area contributed by atoms with E-state index in [1.165, 1.54) is 44.1 Å². The van der Waals surface area contributed by atoms with Gasteiger partial charge in [-0.15, -0.1) is 0 Å². The van der Waals surface area contributed by atoms with Crippen LogP contribution in [0.3, 0.4) is 0 Å². The summed E-state index contributed by atoms with van der Waals surface area (Å²) >= 11 is 0. The van der Waals surface area contributed by atoms with Gasteiger partial charge in [0.2, 0.25) is 5.91 Å². The fourth-order valence-corrected chi connectivity index (χ4v) is 6.82. The minimum absolute atomic E-state index is 0.172. The summed E-state index contributed by atoms with van der Waals surface area (Å²) in [7, 11) is 0. The first kappa shape index (κ1) is 18.5. The van der Waals surface area contributed by atoms with Gasteiger partial charge in [-0.1, -0.05) is 12.1 Å². The molecule has 1 saturated heterocycles. The van der Waals surface area contributed by atoms with E-state index in [4.69, 9.17) is 9.47 Å². The molecular weight excluding hydrogens is 350 g/mol. The normalized spacial score (nSPS) is 33.9. The van der Waals surface area contributed by atoms with Crippen LogP contribution in [-0.2, 0) is 14.9 Å². The summed E-state index contributed by atoms with van der Waals surface area (Å²) in [5.41, 5.74) is 3.19. The molecule has 4 aliphatic carbocycles. The fraction of sp³-hybridized carbons (Fsp3) is 0.708. The van der Waals surface area contributed by atoms with E-state index >= 15 is 0 Å². The molecule has 28 heavy (non-hydrogen) atoms. The van der Waals surface area contributed by atoms with Gasteiger partial charge in [0.05, 0.1) is 26.2 Å². The Bertz CT molecular complexity index is 702. The maximum atomic E-state index is 12.3. The topological polar surface area (TPSA) is 38.8 Å². The highest BCUT2D eigenvalue weighted by Crippen LogP contribution is 2.60. The summed E-state index contributed by atoms with van der Waals surface area (Å²) in [5.74, 6) is 4.01. The third kappa shape index (κ3) is 3.45. The average molecular weight is 384 g/mol. The van der Waals surface area contributed by atoms with Crippen LogP contribution in [0.1, 0.15) is 56.1 Å². The Morgan fingerprint density at radius 1 is 1.11 bits per heavy atom. The van der Waals surface area contributed by atoms with Gasteiger partial charge >= 0.3 is 0 Å². The molecule has 0 N–H and O–H groups in total. The quantitative estimate of drug-likeness (QED) is 0.769. The van der Waals surface area contributed by atoms with E-state index in [1.807, 2.05) is 4.90 Å². The Morgan fingerprint density at radius 2 is 1.75 bits per heavy atom. The summed E-state index contributed by atoms with van der Waals surface area (Å²) in [6.07, 6.45) is 9.08. The third-order valence-corrected chi connectivity index (χ3v) is 7.76. The standard InChI is InChI=1S/C24H33NO3/c1-17-10-21(24-14-18-11-19(15-24)13-20(12-18)16-24)2-3-22(17)28-7-4-23(26)25-5-8-27-9-6-25/h2-3,10,18-20H,4-9,11-16H2,1H3. The Kier molecular flexibility index (Phi) is 4.86. The van der Waals surface area contributed by atoms with Crippen molar-refractivity contribution in [2.75, 3.05) is 32.9 Å². The summed E-state index contributed by atoms with van der Waals surface area (Å²) in [6.45, 7) is 5.32. The zero-order valence-electron chi connectivity index (χ0n) is 17.1. The van der Waals surface area contributed by atoms with Crippen molar-refractivity contribution in [3.8, 4) is 5.75 Å². The maximum absolute atomic E-state index is 12.3. The molecule has 5 aliphatic rings. The van der Waals surface area contributed by atoms with E-state index in [2.05, 4.69) is 25.1 Å². The Morgan fingerprint density at radius 3 is 2.36 bits per heavy atom. The molecule has 1 amide bonds. The molecule has 0 unspecified atom stereocenters. The smallest absolute Gasteiger partial charge is 0.226 e. The van der Waals surface area contributed by atoms with Crippen molar-refractivity contribution in [1.29, 1.82) is 0 Å². The minimum Gasteiger partial charge on any atom is -0.493 e. The molecule has 4 bridgehead atoms. The van der Waals surface area contributed by atoms with Crippen LogP contribution >= 0.6 is 0 Å². The van der Waals surface area contributed by atoms with Crippen molar-refractivity contribution in [2.24, 2.45) is 17.8 Å². The van der Waals surface area contributed by atoms with Gasteiger partial charge in [-0.2, -0.15) is 0 Å². The van der Waals surface area contributed by atoms with Gasteiger partial charge in [0.15, 0.2) is 0 Å². The lowest BCUT2D eigenvalue weighted by Crippen LogP contribution is -2.48. The number of amides is 1. The van der Waals surface area contributed by atoms with Crippen LogP contribution in [0.4, 0.5) is 0 Å². The number of morpholine rings is 1. The summed E-state index contributed by atoms with van der Waals surface area (Å²) in [4.78, 5) is 14.2. The second-order valence-electron chi connectivity index (χ2n) is 9.77. The van der Waals surface area contributed by atoms with Crippen LogP contribution in [0.15, 0.2) is 18.2 Å². The van der Waals surface area contributed by atoms with Gasteiger partial charge in [-0.05, 0) is 85.8 Å². The number of rotatable bonds is 5. The number of aryl methyl sites for hydroxylation is 1. The Hall–Kier alpha value is -1.55. The molecule has 5 fully saturated rings. The molecule has 4 nitrogen and oxygen atoms in total. The van der Waals surface area contributed by atoms with Gasteiger partial charge in [-0.3, -0.25) is 4.79 Å². The highest BCUT2D eigenvalue weighted by molar-refractivity contribution is 5.76. The van der Waals surface area contributed by atoms with Crippen molar-refractivity contribution in [1.82, 2.24) is 4.90 Å². The fourth-order valence-electron chi connectivity index (χ4n) is 6.82. The summed E-state index contributed by atoms with van der Waals surface area (Å²) < 4.78 is 11.3. The lowest BCUT2D eigenvalue weighted by Gasteiger charge is -2.57. The maximum Gasteiger partial charge on any atom is 0.226 e. The molecule has 1 heterocycles. The van der Waals surface area contributed by atoms with Crippen molar-refractivity contribution in [2.45, 2.75) is 57.3 Å². The molecule has 1 aromatic carbocycles. The Labute approximate surface area is 168 Å². The first-order chi connectivity index (χ1) is 13.6. The number of benzene rings is 1. The zero-order valence-corrected chi connectivity index (χ0v) is 17.1. The number of carbonyl (C=O) groups excluding carboxylic acids is 1. The predicted molar refractivity (Wildman–Crippen MR) is 109 cm³/mol. The van der Waals surface area contributed by atoms with Crippen LogP contribution in [0.2, 0.25) is 0 Å². The highest BCUT2D eigenvalue weighted by atomic mass is 16.5. The molecule has 1 aromatic rings. The van der Waals surface area contributed by atoms with E-state index in [-0.39, 0.29) is 5.91 Å². The number of hydrogen-bond donors (Lipinski definition) is 0. The minimum atomic E-state index is 0.172. The summed E-state index contributed by atoms with van der Waals surface area (Å²) in [6, 6.07) is 6.86. The van der Waals surface area contributed by atoms with E-state index in [1.54, 1.807) is 5.56 Å². The Balaban J connectivity index is 1.21. The second-order valence-corrected chi connectivity index (χ2v) is 9.77. The van der Waals surface area contributed by atoms with Gasteiger partial charge in [0, 0.05) is 13.1 Å². The molecule has 1 aliphatic heterocycles. The van der Waals surface area contributed by atoms with Crippen molar-refractivity contribution in [3.63, 3.8) is 0 Å². The average Bonchev–Trinajstić information content (AvgIpc) is 2.68. The number of hydrogen-bond acceptors (Lipinski definition) is 3. The van der Waals surface area contributed by atoms with Crippen LogP contribution in [0.25, 0.3) is 0 Å². The van der Waals surface area contributed by atoms with Crippen LogP contribution in [-0.4, -0.2) is 43.7 Å².